The van der Waals surface area contributed by atoms with Gasteiger partial charge in [-0.1, -0.05) is 17.3 Å². The largest absolute Gasteiger partial charge is 0.479 e. The van der Waals surface area contributed by atoms with E-state index in [1.807, 2.05) is 0 Å². The predicted molar refractivity (Wildman–Crippen MR) is 99.1 cm³/mol. The Morgan fingerprint density at radius 1 is 1.10 bits per heavy atom. The molecule has 0 bridgehead atoms. The van der Waals surface area contributed by atoms with Gasteiger partial charge in [0.15, 0.2) is 6.10 Å². The second-order valence-corrected chi connectivity index (χ2v) is 6.90. The van der Waals surface area contributed by atoms with E-state index in [2.05, 4.69) is 5.16 Å². The van der Waals surface area contributed by atoms with Gasteiger partial charge in [-0.15, -0.1) is 0 Å². The van der Waals surface area contributed by atoms with E-state index in [4.69, 9.17) is 19.4 Å². The number of carboxylic acid groups (broad SMARTS) is 1. The Bertz CT molecular complexity index is 756. The summed E-state index contributed by atoms with van der Waals surface area (Å²) in [4.78, 5) is 16.3. The summed E-state index contributed by atoms with van der Waals surface area (Å²) in [7, 11) is 1.52. The average Bonchev–Trinajstić information content (AvgIpc) is 2.72. The molecule has 2 rings (SSSR count). The van der Waals surface area contributed by atoms with Gasteiger partial charge >= 0.3 is 12.1 Å². The maximum atomic E-state index is 12.8. The highest BCUT2D eigenvalue weighted by Crippen LogP contribution is 2.29. The molecule has 0 aromatic heterocycles. The standard InChI is InChI=1S/C19H24F3NO8/c1-29-9-3-2-4-12(10-5-7-11(8-6-10)19(20,21)22)23-31-18-15(26)13(24)14(25)16(30-18)17(27)28/h5-8,13-16,18,24-26H,2-4,9H2,1H3,(H,27,28)/b23-12+/t13-,14-,15+,16-,18-/m1/s1. The highest BCUT2D eigenvalue weighted by Gasteiger charge is 2.48. The Balaban J connectivity index is 2.21. The third-order valence-corrected chi connectivity index (χ3v) is 4.64. The Morgan fingerprint density at radius 2 is 1.74 bits per heavy atom. The first-order valence-corrected chi connectivity index (χ1v) is 9.38. The fraction of sp³-hybridized carbons (Fsp3) is 0.579. The fourth-order valence-corrected chi connectivity index (χ4v) is 2.89. The molecule has 1 aromatic carbocycles. The van der Waals surface area contributed by atoms with Gasteiger partial charge in [-0.2, -0.15) is 13.2 Å². The number of carbonyl (C=O) groups is 1. The lowest BCUT2D eigenvalue weighted by Gasteiger charge is -2.37. The van der Waals surface area contributed by atoms with Crippen LogP contribution in [0.1, 0.15) is 30.4 Å². The van der Waals surface area contributed by atoms with Crippen molar-refractivity contribution < 1.29 is 52.7 Å². The zero-order chi connectivity index (χ0) is 23.2. The van der Waals surface area contributed by atoms with Crippen molar-refractivity contribution in [1.29, 1.82) is 0 Å². The molecule has 1 aromatic rings. The number of rotatable bonds is 9. The number of hydrogen-bond donors (Lipinski definition) is 4. The van der Waals surface area contributed by atoms with Gasteiger partial charge in [0.05, 0.1) is 11.3 Å². The fourth-order valence-electron chi connectivity index (χ4n) is 2.89. The molecule has 5 atom stereocenters. The second kappa shape index (κ2) is 10.9. The van der Waals surface area contributed by atoms with E-state index in [9.17, 15) is 33.3 Å². The summed E-state index contributed by atoms with van der Waals surface area (Å²) in [5.74, 6) is -1.58. The minimum atomic E-state index is -4.51. The van der Waals surface area contributed by atoms with E-state index in [1.54, 1.807) is 0 Å². The lowest BCUT2D eigenvalue weighted by Crippen LogP contribution is -2.60. The first kappa shape index (κ1) is 25.0. The number of ether oxygens (including phenoxy) is 2. The van der Waals surface area contributed by atoms with Gasteiger partial charge in [-0.05, 0) is 37.0 Å². The van der Waals surface area contributed by atoms with Crippen molar-refractivity contribution in [3.05, 3.63) is 35.4 Å². The van der Waals surface area contributed by atoms with Gasteiger partial charge in [0.1, 0.15) is 18.3 Å². The number of hydrogen-bond acceptors (Lipinski definition) is 8. The molecule has 0 spiro atoms. The second-order valence-electron chi connectivity index (χ2n) is 6.90. The molecule has 12 heteroatoms. The van der Waals surface area contributed by atoms with E-state index in [0.29, 0.717) is 25.0 Å². The van der Waals surface area contributed by atoms with Crippen molar-refractivity contribution in [3.63, 3.8) is 0 Å². The summed E-state index contributed by atoms with van der Waals surface area (Å²) >= 11 is 0. The monoisotopic (exact) mass is 451 g/mol. The van der Waals surface area contributed by atoms with Crippen molar-refractivity contribution in [2.24, 2.45) is 5.16 Å². The number of oxime groups is 1. The summed E-state index contributed by atoms with van der Waals surface area (Å²) in [6.07, 6.45) is -12.2. The number of halogens is 3. The van der Waals surface area contributed by atoms with Crippen LogP contribution in [-0.4, -0.2) is 76.5 Å². The van der Waals surface area contributed by atoms with Gasteiger partial charge in [-0.25, -0.2) is 4.79 Å². The Kier molecular flexibility index (Phi) is 8.77. The average molecular weight is 451 g/mol. The van der Waals surface area contributed by atoms with Crippen LogP contribution in [-0.2, 0) is 25.3 Å². The van der Waals surface area contributed by atoms with E-state index < -0.39 is 48.4 Å². The molecular weight excluding hydrogens is 427 g/mol. The molecule has 0 radical (unpaired) electrons. The van der Waals surface area contributed by atoms with Crippen molar-refractivity contribution >= 4 is 11.7 Å². The van der Waals surface area contributed by atoms with Crippen molar-refractivity contribution in [1.82, 2.24) is 0 Å². The predicted octanol–water partition coefficient (Wildman–Crippen LogP) is 1.14. The van der Waals surface area contributed by atoms with Gasteiger partial charge in [-0.3, -0.25) is 0 Å². The van der Waals surface area contributed by atoms with Crippen LogP contribution in [0.3, 0.4) is 0 Å². The number of nitrogens with zero attached hydrogens (tertiary/aromatic N) is 1. The third-order valence-electron chi connectivity index (χ3n) is 4.64. The van der Waals surface area contributed by atoms with Crippen LogP contribution in [0.5, 0.6) is 0 Å². The Morgan fingerprint density at radius 3 is 2.29 bits per heavy atom. The molecule has 1 aliphatic rings. The number of methoxy groups -OCH3 is 1. The molecule has 0 amide bonds. The summed E-state index contributed by atoms with van der Waals surface area (Å²) in [6, 6.07) is 4.18. The number of aliphatic carboxylic acids is 1. The molecule has 9 nitrogen and oxygen atoms in total. The molecular formula is C19H24F3NO8. The quantitative estimate of drug-likeness (QED) is 0.249. The van der Waals surface area contributed by atoms with Crippen LogP contribution in [0.4, 0.5) is 13.2 Å². The van der Waals surface area contributed by atoms with Crippen LogP contribution in [0.15, 0.2) is 29.4 Å². The van der Waals surface area contributed by atoms with Crippen molar-refractivity contribution in [3.8, 4) is 0 Å². The Labute approximate surface area is 175 Å². The highest BCUT2D eigenvalue weighted by atomic mass is 19.4. The maximum Gasteiger partial charge on any atom is 0.416 e. The number of aliphatic hydroxyl groups excluding tert-OH is 3. The SMILES string of the molecule is COCCCC/C(=N\O[C@H]1O[C@@H](C(=O)O)[C@H](O)[C@@H](O)[C@@H]1O)c1ccc(C(F)(F)F)cc1. The van der Waals surface area contributed by atoms with E-state index in [1.165, 1.54) is 19.2 Å². The third kappa shape index (κ3) is 6.61. The van der Waals surface area contributed by atoms with E-state index in [0.717, 1.165) is 12.1 Å². The molecule has 0 saturated carbocycles. The number of aliphatic hydroxyl groups is 3. The smallest absolute Gasteiger partial charge is 0.416 e. The minimum absolute atomic E-state index is 0.216. The van der Waals surface area contributed by atoms with Crippen LogP contribution in [0, 0.1) is 0 Å². The molecule has 0 aliphatic carbocycles. The first-order chi connectivity index (χ1) is 14.6. The van der Waals surface area contributed by atoms with Gasteiger partial charge in [0, 0.05) is 13.7 Å². The Hall–Kier alpha value is -2.25. The van der Waals surface area contributed by atoms with Crippen LogP contribution >= 0.6 is 0 Å². The van der Waals surface area contributed by atoms with Crippen LogP contribution in [0.2, 0.25) is 0 Å². The van der Waals surface area contributed by atoms with Crippen molar-refractivity contribution in [2.75, 3.05) is 13.7 Å². The topological polar surface area (TPSA) is 138 Å². The number of carboxylic acids is 1. The zero-order valence-electron chi connectivity index (χ0n) is 16.5. The summed E-state index contributed by atoms with van der Waals surface area (Å²) in [6.45, 7) is 0.454. The summed E-state index contributed by atoms with van der Waals surface area (Å²) in [5.41, 5.74) is -0.317. The van der Waals surface area contributed by atoms with Gasteiger partial charge < -0.3 is 34.7 Å². The maximum absolute atomic E-state index is 12.8. The number of alkyl halides is 3. The molecule has 4 N–H and O–H groups in total. The minimum Gasteiger partial charge on any atom is -0.479 e. The van der Waals surface area contributed by atoms with E-state index >= 15 is 0 Å². The summed E-state index contributed by atoms with van der Waals surface area (Å²) < 4.78 is 48.4. The van der Waals surface area contributed by atoms with Gasteiger partial charge in [0.25, 0.3) is 6.29 Å². The van der Waals surface area contributed by atoms with Crippen LogP contribution in [0.25, 0.3) is 0 Å². The normalized spacial score (nSPS) is 27.2. The molecule has 1 fully saturated rings. The molecule has 1 aliphatic heterocycles. The molecule has 1 heterocycles. The lowest BCUT2D eigenvalue weighted by atomic mass is 9.99. The molecule has 31 heavy (non-hydrogen) atoms. The zero-order valence-corrected chi connectivity index (χ0v) is 16.5. The summed E-state index contributed by atoms with van der Waals surface area (Å²) in [5, 5.41) is 42.4. The highest BCUT2D eigenvalue weighted by molar-refractivity contribution is 6.00. The van der Waals surface area contributed by atoms with Crippen LogP contribution < -0.4 is 0 Å². The first-order valence-electron chi connectivity index (χ1n) is 9.38. The lowest BCUT2D eigenvalue weighted by molar-refractivity contribution is -0.294. The van der Waals surface area contributed by atoms with Crippen molar-refractivity contribution in [2.45, 2.75) is 56.1 Å². The number of benzene rings is 1. The molecule has 0 unspecified atom stereocenters. The molecule has 1 saturated heterocycles. The number of unbranched alkanes of at least 4 members (excludes halogenated alkanes) is 1. The molecule has 174 valence electrons. The van der Waals surface area contributed by atoms with Gasteiger partial charge in [0.2, 0.25) is 0 Å². The van der Waals surface area contributed by atoms with E-state index in [-0.39, 0.29) is 12.1 Å².